The van der Waals surface area contributed by atoms with E-state index in [2.05, 4.69) is 20.9 Å². The molecule has 0 atom stereocenters. The first-order valence-corrected chi connectivity index (χ1v) is 7.43. The second-order valence-corrected chi connectivity index (χ2v) is 5.80. The molecule has 1 aromatic carbocycles. The number of hydrogen-bond donors (Lipinski definition) is 0. The zero-order valence-corrected chi connectivity index (χ0v) is 13.7. The van der Waals surface area contributed by atoms with Crippen molar-refractivity contribution in [2.75, 3.05) is 0 Å². The molecule has 19 heavy (non-hydrogen) atoms. The molecule has 0 fully saturated rings. The van der Waals surface area contributed by atoms with Crippen LogP contribution >= 0.6 is 50.7 Å². The van der Waals surface area contributed by atoms with Crippen molar-refractivity contribution in [3.05, 3.63) is 50.2 Å². The van der Waals surface area contributed by atoms with E-state index in [-0.39, 0.29) is 0 Å². The zero-order valence-electron chi connectivity index (χ0n) is 9.88. The van der Waals surface area contributed by atoms with E-state index < -0.39 is 0 Å². The van der Waals surface area contributed by atoms with Crippen LogP contribution in [0.15, 0.2) is 28.9 Å². The summed E-state index contributed by atoms with van der Waals surface area (Å²) >= 11 is 21.3. The van der Waals surface area contributed by atoms with Gasteiger partial charge in [-0.1, -0.05) is 23.2 Å². The Kier molecular flexibility index (Phi) is 4.96. The van der Waals surface area contributed by atoms with E-state index in [1.807, 2.05) is 13.0 Å². The number of halogens is 4. The lowest BCUT2D eigenvalue weighted by Crippen LogP contribution is -1.93. The molecule has 1 aromatic heterocycles. The van der Waals surface area contributed by atoms with E-state index in [0.717, 1.165) is 15.7 Å². The van der Waals surface area contributed by atoms with Gasteiger partial charge in [0.05, 0.1) is 15.9 Å². The van der Waals surface area contributed by atoms with E-state index in [0.29, 0.717) is 27.4 Å². The van der Waals surface area contributed by atoms with E-state index in [9.17, 15) is 0 Å². The molecule has 0 aliphatic heterocycles. The fourth-order valence-electron chi connectivity index (χ4n) is 1.46. The van der Waals surface area contributed by atoms with Gasteiger partial charge >= 0.3 is 0 Å². The topological polar surface area (TPSA) is 22.1 Å². The molecular formula is C13H9BrCl3NO. The molecule has 2 nitrogen and oxygen atoms in total. The Hall–Kier alpha value is -0.480. The molecule has 0 aliphatic rings. The van der Waals surface area contributed by atoms with Crippen LogP contribution in [-0.4, -0.2) is 4.98 Å². The fraction of sp³-hybridized carbons (Fsp3) is 0.154. The minimum Gasteiger partial charge on any atom is -0.455 e. The molecule has 2 rings (SSSR count). The Labute approximate surface area is 134 Å². The number of aryl methyl sites for hydroxylation is 1. The van der Waals surface area contributed by atoms with Crippen LogP contribution in [-0.2, 0) is 5.88 Å². The van der Waals surface area contributed by atoms with E-state index in [4.69, 9.17) is 39.5 Å². The van der Waals surface area contributed by atoms with Gasteiger partial charge in [0.1, 0.15) is 11.5 Å². The van der Waals surface area contributed by atoms with Crippen molar-refractivity contribution < 1.29 is 4.74 Å². The third-order valence-corrected chi connectivity index (χ3v) is 4.20. The fourth-order valence-corrected chi connectivity index (χ4v) is 2.49. The average molecular weight is 381 g/mol. The Morgan fingerprint density at radius 2 is 1.89 bits per heavy atom. The second-order valence-electron chi connectivity index (χ2n) is 3.87. The van der Waals surface area contributed by atoms with Crippen LogP contribution in [0, 0.1) is 6.92 Å². The molecule has 6 heteroatoms. The average Bonchev–Trinajstić information content (AvgIpc) is 2.36. The highest BCUT2D eigenvalue weighted by molar-refractivity contribution is 9.10. The number of pyridine rings is 1. The molecule has 0 N–H and O–H groups in total. The molecule has 0 unspecified atom stereocenters. The van der Waals surface area contributed by atoms with Gasteiger partial charge in [0, 0.05) is 34.1 Å². The van der Waals surface area contributed by atoms with Crippen LogP contribution in [0.2, 0.25) is 10.0 Å². The van der Waals surface area contributed by atoms with Crippen molar-refractivity contribution >= 4 is 50.7 Å². The normalized spacial score (nSPS) is 10.6. The van der Waals surface area contributed by atoms with Crippen molar-refractivity contribution in [2.24, 2.45) is 0 Å². The van der Waals surface area contributed by atoms with Gasteiger partial charge in [-0.15, -0.1) is 11.6 Å². The van der Waals surface area contributed by atoms with E-state index in [1.54, 1.807) is 18.3 Å². The highest BCUT2D eigenvalue weighted by Crippen LogP contribution is 2.37. The van der Waals surface area contributed by atoms with Crippen LogP contribution in [0.25, 0.3) is 0 Å². The number of ether oxygens (including phenoxy) is 1. The summed E-state index contributed by atoms with van der Waals surface area (Å²) in [5, 5.41) is 0.990. The SMILES string of the molecule is Cc1cc(Oc2cc(Cl)c(Br)cc2Cl)c(CCl)cn1. The number of hydrogen-bond acceptors (Lipinski definition) is 2. The summed E-state index contributed by atoms with van der Waals surface area (Å²) in [6, 6.07) is 5.15. The molecule has 0 aliphatic carbocycles. The second kappa shape index (κ2) is 6.31. The smallest absolute Gasteiger partial charge is 0.147 e. The van der Waals surface area contributed by atoms with Crippen LogP contribution in [0.5, 0.6) is 11.5 Å². The lowest BCUT2D eigenvalue weighted by molar-refractivity contribution is 0.477. The van der Waals surface area contributed by atoms with Crippen molar-refractivity contribution in [3.8, 4) is 11.5 Å². The summed E-state index contributed by atoms with van der Waals surface area (Å²) in [6.07, 6.45) is 1.69. The number of benzene rings is 1. The number of rotatable bonds is 3. The third kappa shape index (κ3) is 3.54. The molecule has 0 saturated carbocycles. The maximum absolute atomic E-state index is 6.12. The van der Waals surface area contributed by atoms with Gasteiger partial charge in [-0.05, 0) is 28.9 Å². The van der Waals surface area contributed by atoms with Gasteiger partial charge in [-0.3, -0.25) is 4.98 Å². The Morgan fingerprint density at radius 1 is 1.16 bits per heavy atom. The third-order valence-electron chi connectivity index (χ3n) is 2.42. The molecule has 0 spiro atoms. The summed E-state index contributed by atoms with van der Waals surface area (Å²) in [5.41, 5.74) is 1.63. The number of alkyl halides is 1. The highest BCUT2D eigenvalue weighted by Gasteiger charge is 2.11. The van der Waals surface area contributed by atoms with Crippen LogP contribution < -0.4 is 4.74 Å². The first-order valence-electron chi connectivity index (χ1n) is 5.35. The first-order chi connectivity index (χ1) is 9.01. The van der Waals surface area contributed by atoms with Crippen LogP contribution in [0.4, 0.5) is 0 Å². The molecular weight excluding hydrogens is 372 g/mol. The summed E-state index contributed by atoms with van der Waals surface area (Å²) in [6.45, 7) is 1.88. The number of aromatic nitrogens is 1. The van der Waals surface area contributed by atoms with Crippen molar-refractivity contribution in [3.63, 3.8) is 0 Å². The minimum absolute atomic E-state index is 0.310. The van der Waals surface area contributed by atoms with Gasteiger partial charge in [0.25, 0.3) is 0 Å². The molecule has 0 saturated heterocycles. The van der Waals surface area contributed by atoms with Gasteiger partial charge in [-0.2, -0.15) is 0 Å². The summed E-state index contributed by atoms with van der Waals surface area (Å²) in [4.78, 5) is 4.18. The van der Waals surface area contributed by atoms with E-state index >= 15 is 0 Å². The van der Waals surface area contributed by atoms with E-state index in [1.165, 1.54) is 0 Å². The van der Waals surface area contributed by atoms with Gasteiger partial charge in [-0.25, -0.2) is 0 Å². The zero-order chi connectivity index (χ0) is 14.0. The van der Waals surface area contributed by atoms with Crippen molar-refractivity contribution in [1.82, 2.24) is 4.98 Å². The molecule has 100 valence electrons. The van der Waals surface area contributed by atoms with Crippen LogP contribution in [0.1, 0.15) is 11.3 Å². The maximum atomic E-state index is 6.12. The van der Waals surface area contributed by atoms with Gasteiger partial charge in [0.2, 0.25) is 0 Å². The Bertz CT molecular complexity index is 619. The predicted octanol–water partition coefficient (Wildman–Crippen LogP) is 5.99. The van der Waals surface area contributed by atoms with Gasteiger partial charge in [0.15, 0.2) is 0 Å². The molecule has 2 aromatic rings. The lowest BCUT2D eigenvalue weighted by Gasteiger charge is -2.12. The predicted molar refractivity (Wildman–Crippen MR) is 82.8 cm³/mol. The largest absolute Gasteiger partial charge is 0.455 e. The van der Waals surface area contributed by atoms with Crippen LogP contribution in [0.3, 0.4) is 0 Å². The Balaban J connectivity index is 2.41. The van der Waals surface area contributed by atoms with Crippen molar-refractivity contribution in [1.29, 1.82) is 0 Å². The first kappa shape index (κ1) is 14.9. The summed E-state index contributed by atoms with van der Waals surface area (Å²) < 4.78 is 6.50. The molecule has 0 radical (unpaired) electrons. The summed E-state index contributed by atoms with van der Waals surface area (Å²) in [7, 11) is 0. The monoisotopic (exact) mass is 379 g/mol. The Morgan fingerprint density at radius 3 is 2.58 bits per heavy atom. The highest BCUT2D eigenvalue weighted by atomic mass is 79.9. The number of nitrogens with zero attached hydrogens (tertiary/aromatic N) is 1. The quantitative estimate of drug-likeness (QED) is 0.481. The summed E-state index contributed by atoms with van der Waals surface area (Å²) in [5.74, 6) is 1.42. The van der Waals surface area contributed by atoms with Gasteiger partial charge < -0.3 is 4.74 Å². The molecule has 0 bridgehead atoms. The molecule has 0 amide bonds. The molecule has 1 heterocycles. The van der Waals surface area contributed by atoms with Crippen molar-refractivity contribution in [2.45, 2.75) is 12.8 Å². The lowest BCUT2D eigenvalue weighted by atomic mass is 10.2. The maximum Gasteiger partial charge on any atom is 0.147 e. The standard InChI is InChI=1S/C13H9BrCl3NO/c1-7-2-12(8(5-15)6-18-7)19-13-4-10(16)9(14)3-11(13)17/h2-4,6H,5H2,1H3. The minimum atomic E-state index is 0.310.